The summed E-state index contributed by atoms with van der Waals surface area (Å²) in [5.74, 6) is -0.984. The minimum Gasteiger partial charge on any atom is -0.478 e. The lowest BCUT2D eigenvalue weighted by Gasteiger charge is -2.09. The fourth-order valence-electron chi connectivity index (χ4n) is 2.57. The lowest BCUT2D eigenvalue weighted by atomic mass is 10.0. The Hall–Kier alpha value is -3.37. The van der Waals surface area contributed by atoms with Crippen LogP contribution in [0.15, 0.2) is 53.6 Å². The molecule has 6 heteroatoms. The molecule has 0 aliphatic heterocycles. The number of hydrogen-bond acceptors (Lipinski definition) is 3. The van der Waals surface area contributed by atoms with E-state index < -0.39 is 5.97 Å². The van der Waals surface area contributed by atoms with Gasteiger partial charge in [0.25, 0.3) is 0 Å². The maximum Gasteiger partial charge on any atom is 0.336 e. The predicted octanol–water partition coefficient (Wildman–Crippen LogP) is 5.10. The predicted molar refractivity (Wildman–Crippen MR) is 92.3 cm³/mol. The van der Waals surface area contributed by atoms with E-state index in [4.69, 9.17) is 5.53 Å². The van der Waals surface area contributed by atoms with Gasteiger partial charge in [-0.2, -0.15) is 0 Å². The summed E-state index contributed by atoms with van der Waals surface area (Å²) in [6.45, 7) is 2.02. The van der Waals surface area contributed by atoms with Crippen molar-refractivity contribution < 1.29 is 9.90 Å². The molecule has 118 valence electrons. The summed E-state index contributed by atoms with van der Waals surface area (Å²) in [5.41, 5.74) is 12.2. The highest BCUT2D eigenvalue weighted by molar-refractivity contribution is 6.04. The Kier molecular flexibility index (Phi) is 4.14. The van der Waals surface area contributed by atoms with Gasteiger partial charge in [-0.05, 0) is 35.7 Å². The molecule has 0 radical (unpaired) electrons. The first-order valence-corrected chi connectivity index (χ1v) is 7.45. The van der Waals surface area contributed by atoms with Gasteiger partial charge in [-0.25, -0.2) is 9.78 Å². The van der Waals surface area contributed by atoms with Crippen molar-refractivity contribution >= 4 is 22.6 Å². The molecule has 1 aromatic heterocycles. The SMILES string of the molecule is CCc1ccc2nc(-c3ccc(N=[N+]=[N-])cc3)cc(C(=O)O)c2c1. The van der Waals surface area contributed by atoms with Crippen LogP contribution in [0.5, 0.6) is 0 Å². The first-order valence-electron chi connectivity index (χ1n) is 7.45. The second-order valence-electron chi connectivity index (χ2n) is 5.30. The van der Waals surface area contributed by atoms with Gasteiger partial charge in [-0.1, -0.05) is 42.4 Å². The summed E-state index contributed by atoms with van der Waals surface area (Å²) in [7, 11) is 0. The van der Waals surface area contributed by atoms with Crippen molar-refractivity contribution in [2.75, 3.05) is 0 Å². The Balaban J connectivity index is 2.18. The number of carboxylic acid groups (broad SMARTS) is 1. The quantitative estimate of drug-likeness (QED) is 0.411. The van der Waals surface area contributed by atoms with Crippen LogP contribution in [0.25, 0.3) is 32.6 Å². The van der Waals surface area contributed by atoms with E-state index >= 15 is 0 Å². The zero-order chi connectivity index (χ0) is 17.1. The highest BCUT2D eigenvalue weighted by atomic mass is 16.4. The average molecular weight is 318 g/mol. The molecule has 0 saturated carbocycles. The monoisotopic (exact) mass is 318 g/mol. The summed E-state index contributed by atoms with van der Waals surface area (Å²) in [6.07, 6.45) is 0.831. The van der Waals surface area contributed by atoms with E-state index in [0.29, 0.717) is 22.3 Å². The number of aromatic carboxylic acids is 1. The number of rotatable bonds is 4. The van der Waals surface area contributed by atoms with E-state index in [2.05, 4.69) is 15.0 Å². The minimum absolute atomic E-state index is 0.226. The van der Waals surface area contributed by atoms with Gasteiger partial charge in [0.15, 0.2) is 0 Å². The normalized spacial score (nSPS) is 10.4. The molecule has 1 N–H and O–H groups in total. The molecular formula is C18H14N4O2. The number of fused-ring (bicyclic) bond motifs is 1. The molecule has 6 nitrogen and oxygen atoms in total. The Bertz CT molecular complexity index is 974. The van der Waals surface area contributed by atoms with Crippen LogP contribution in [0, 0.1) is 0 Å². The van der Waals surface area contributed by atoms with Gasteiger partial charge in [0.05, 0.1) is 16.8 Å². The van der Waals surface area contributed by atoms with E-state index in [1.54, 1.807) is 30.3 Å². The standard InChI is InChI=1S/C18H14N4O2/c1-2-11-3-8-16-14(9-11)15(18(23)24)10-17(20-16)12-4-6-13(7-5-12)21-22-19/h3-10H,2H2,1H3,(H,23,24). The summed E-state index contributed by atoms with van der Waals surface area (Å²) in [4.78, 5) is 19.0. The Morgan fingerprint density at radius 2 is 1.96 bits per heavy atom. The van der Waals surface area contributed by atoms with Crippen molar-refractivity contribution in [3.05, 3.63) is 70.1 Å². The molecule has 3 aromatic rings. The Morgan fingerprint density at radius 3 is 2.58 bits per heavy atom. The fraction of sp³-hybridized carbons (Fsp3) is 0.111. The first-order chi connectivity index (χ1) is 11.6. The summed E-state index contributed by atoms with van der Waals surface area (Å²) >= 11 is 0. The van der Waals surface area contributed by atoms with E-state index in [-0.39, 0.29) is 5.56 Å². The maximum atomic E-state index is 11.7. The van der Waals surface area contributed by atoms with Crippen LogP contribution in [-0.4, -0.2) is 16.1 Å². The fourth-order valence-corrected chi connectivity index (χ4v) is 2.57. The molecule has 0 spiro atoms. The first kappa shape index (κ1) is 15.5. The molecule has 0 fully saturated rings. The van der Waals surface area contributed by atoms with Crippen molar-refractivity contribution in [1.82, 2.24) is 4.98 Å². The number of pyridine rings is 1. The number of hydrogen-bond donors (Lipinski definition) is 1. The Morgan fingerprint density at radius 1 is 1.21 bits per heavy atom. The summed E-state index contributed by atoms with van der Waals surface area (Å²) < 4.78 is 0. The number of carbonyl (C=O) groups is 1. The summed E-state index contributed by atoms with van der Waals surface area (Å²) in [5, 5.41) is 13.7. The van der Waals surface area contributed by atoms with E-state index in [1.807, 2.05) is 25.1 Å². The lowest BCUT2D eigenvalue weighted by molar-refractivity contribution is 0.0699. The summed E-state index contributed by atoms with van der Waals surface area (Å²) in [6, 6.07) is 14.1. The molecule has 0 aliphatic rings. The van der Waals surface area contributed by atoms with Crippen LogP contribution >= 0.6 is 0 Å². The molecule has 0 aliphatic carbocycles. The van der Waals surface area contributed by atoms with E-state index in [0.717, 1.165) is 17.5 Å². The average Bonchev–Trinajstić information content (AvgIpc) is 2.61. The van der Waals surface area contributed by atoms with Crippen molar-refractivity contribution in [3.63, 3.8) is 0 Å². The molecule has 24 heavy (non-hydrogen) atoms. The highest BCUT2D eigenvalue weighted by Gasteiger charge is 2.13. The van der Waals surface area contributed by atoms with E-state index in [1.165, 1.54) is 0 Å². The number of carboxylic acids is 1. The largest absolute Gasteiger partial charge is 0.478 e. The Labute approximate surface area is 138 Å². The number of benzene rings is 2. The maximum absolute atomic E-state index is 11.7. The van der Waals surface area contributed by atoms with Gasteiger partial charge in [0, 0.05) is 21.5 Å². The zero-order valence-corrected chi connectivity index (χ0v) is 13.0. The third-order valence-corrected chi connectivity index (χ3v) is 3.84. The van der Waals surface area contributed by atoms with Gasteiger partial charge in [0.2, 0.25) is 0 Å². The van der Waals surface area contributed by atoms with Crippen LogP contribution in [0.2, 0.25) is 0 Å². The van der Waals surface area contributed by atoms with E-state index in [9.17, 15) is 9.90 Å². The number of aromatic nitrogens is 1. The van der Waals surface area contributed by atoms with Gasteiger partial charge in [0.1, 0.15) is 0 Å². The van der Waals surface area contributed by atoms with Crippen molar-refractivity contribution in [3.8, 4) is 11.3 Å². The smallest absolute Gasteiger partial charge is 0.336 e. The van der Waals surface area contributed by atoms with Gasteiger partial charge < -0.3 is 5.11 Å². The second-order valence-corrected chi connectivity index (χ2v) is 5.30. The van der Waals surface area contributed by atoms with Crippen LogP contribution in [0.1, 0.15) is 22.8 Å². The van der Waals surface area contributed by atoms with Crippen LogP contribution in [0.3, 0.4) is 0 Å². The molecular weight excluding hydrogens is 304 g/mol. The van der Waals surface area contributed by atoms with Crippen LogP contribution < -0.4 is 0 Å². The second kappa shape index (κ2) is 6.40. The minimum atomic E-state index is -0.984. The third kappa shape index (κ3) is 2.91. The lowest BCUT2D eigenvalue weighted by Crippen LogP contribution is -2.01. The molecule has 1 heterocycles. The van der Waals surface area contributed by atoms with Crippen molar-refractivity contribution in [2.24, 2.45) is 5.11 Å². The van der Waals surface area contributed by atoms with Gasteiger partial charge in [-0.15, -0.1) is 0 Å². The molecule has 0 saturated heterocycles. The van der Waals surface area contributed by atoms with Gasteiger partial charge >= 0.3 is 5.97 Å². The topological polar surface area (TPSA) is 99.0 Å². The number of azide groups is 1. The molecule has 3 rings (SSSR count). The third-order valence-electron chi connectivity index (χ3n) is 3.84. The molecule has 2 aromatic carbocycles. The number of nitrogens with zero attached hydrogens (tertiary/aromatic N) is 4. The number of aryl methyl sites for hydroxylation is 1. The molecule has 0 atom stereocenters. The van der Waals surface area contributed by atoms with Crippen LogP contribution in [0.4, 0.5) is 5.69 Å². The molecule has 0 amide bonds. The van der Waals surface area contributed by atoms with Crippen molar-refractivity contribution in [2.45, 2.75) is 13.3 Å². The van der Waals surface area contributed by atoms with Crippen LogP contribution in [-0.2, 0) is 6.42 Å². The molecule has 0 bridgehead atoms. The highest BCUT2D eigenvalue weighted by Crippen LogP contribution is 2.27. The van der Waals surface area contributed by atoms with Crippen molar-refractivity contribution in [1.29, 1.82) is 0 Å². The molecule has 0 unspecified atom stereocenters. The zero-order valence-electron chi connectivity index (χ0n) is 13.0. The van der Waals surface area contributed by atoms with Gasteiger partial charge in [-0.3, -0.25) is 0 Å².